The molecule has 1 aliphatic rings. The number of hydrogen-bond donors (Lipinski definition) is 2. The van der Waals surface area contributed by atoms with Gasteiger partial charge in [0.25, 0.3) is 11.6 Å². The fourth-order valence-electron chi connectivity index (χ4n) is 2.56. The molecule has 136 valence electrons. The van der Waals surface area contributed by atoms with Crippen LogP contribution in [0.15, 0.2) is 12.1 Å². The summed E-state index contributed by atoms with van der Waals surface area (Å²) in [5, 5.41) is 22.9. The highest BCUT2D eigenvalue weighted by molar-refractivity contribution is 5.99. The number of ether oxygens (including phenoxy) is 2. The molecule has 1 heterocycles. The van der Waals surface area contributed by atoms with Gasteiger partial charge in [0.05, 0.1) is 16.9 Å². The molecule has 9 heteroatoms. The molecule has 0 aromatic heterocycles. The zero-order chi connectivity index (χ0) is 18.6. The quantitative estimate of drug-likeness (QED) is 0.566. The first-order valence-corrected chi connectivity index (χ1v) is 7.88. The maximum absolute atomic E-state index is 12.4. The molecule has 25 heavy (non-hydrogen) atoms. The Labute approximate surface area is 144 Å². The van der Waals surface area contributed by atoms with Crippen molar-refractivity contribution in [3.05, 3.63) is 27.8 Å². The van der Waals surface area contributed by atoms with Gasteiger partial charge in [0.15, 0.2) is 11.5 Å². The first-order chi connectivity index (χ1) is 11.8. The van der Waals surface area contributed by atoms with Gasteiger partial charge in [-0.3, -0.25) is 19.7 Å². The molecule has 1 atom stereocenters. The van der Waals surface area contributed by atoms with Crippen molar-refractivity contribution in [1.82, 2.24) is 5.32 Å². The van der Waals surface area contributed by atoms with Gasteiger partial charge < -0.3 is 19.9 Å². The zero-order valence-corrected chi connectivity index (χ0v) is 14.0. The van der Waals surface area contributed by atoms with E-state index in [-0.39, 0.29) is 42.7 Å². The van der Waals surface area contributed by atoms with Crippen molar-refractivity contribution in [2.45, 2.75) is 20.3 Å². The van der Waals surface area contributed by atoms with E-state index in [1.165, 1.54) is 6.07 Å². The number of benzene rings is 1. The highest BCUT2D eigenvalue weighted by atomic mass is 16.6. The number of carbonyl (C=O) groups excluding carboxylic acids is 1. The molecule has 1 aliphatic heterocycles. The fraction of sp³-hybridized carbons (Fsp3) is 0.500. The third-order valence-corrected chi connectivity index (χ3v) is 3.72. The summed E-state index contributed by atoms with van der Waals surface area (Å²) in [7, 11) is 0. The first-order valence-electron chi connectivity index (χ1n) is 7.88. The number of aliphatic carboxylic acids is 1. The van der Waals surface area contributed by atoms with Crippen LogP contribution in [-0.2, 0) is 4.79 Å². The molecule has 0 bridgehead atoms. The molecular formula is C16H20N2O7. The number of nitrogens with one attached hydrogen (secondary N) is 1. The number of carboxylic acids is 1. The second-order valence-corrected chi connectivity index (χ2v) is 6.14. The van der Waals surface area contributed by atoms with Crippen LogP contribution >= 0.6 is 0 Å². The fourth-order valence-corrected chi connectivity index (χ4v) is 2.56. The van der Waals surface area contributed by atoms with Crippen molar-refractivity contribution < 1.29 is 29.1 Å². The molecule has 0 radical (unpaired) electrons. The lowest BCUT2D eigenvalue weighted by atomic mass is 9.97. The second kappa shape index (κ2) is 7.82. The van der Waals surface area contributed by atoms with Crippen LogP contribution in [0, 0.1) is 22.0 Å². The summed E-state index contributed by atoms with van der Waals surface area (Å²) in [5.41, 5.74) is -0.611. The molecule has 1 amide bonds. The van der Waals surface area contributed by atoms with E-state index >= 15 is 0 Å². The average molecular weight is 352 g/mol. The first kappa shape index (κ1) is 18.5. The maximum atomic E-state index is 12.4. The zero-order valence-electron chi connectivity index (χ0n) is 14.0. The van der Waals surface area contributed by atoms with Crippen LogP contribution in [0.5, 0.6) is 11.5 Å². The van der Waals surface area contributed by atoms with E-state index < -0.39 is 28.4 Å². The summed E-state index contributed by atoms with van der Waals surface area (Å²) >= 11 is 0. The summed E-state index contributed by atoms with van der Waals surface area (Å²) in [6.07, 6.45) is 0.388. The minimum atomic E-state index is -1.02. The Morgan fingerprint density at radius 2 is 1.88 bits per heavy atom. The van der Waals surface area contributed by atoms with Crippen molar-refractivity contribution in [2.24, 2.45) is 11.8 Å². The minimum Gasteiger partial charge on any atom is -0.486 e. The molecule has 1 aromatic rings. The topological polar surface area (TPSA) is 128 Å². The van der Waals surface area contributed by atoms with Crippen LogP contribution in [0.3, 0.4) is 0 Å². The van der Waals surface area contributed by atoms with Crippen LogP contribution in [-0.4, -0.2) is 41.7 Å². The van der Waals surface area contributed by atoms with Gasteiger partial charge in [0.1, 0.15) is 18.8 Å². The van der Waals surface area contributed by atoms with Gasteiger partial charge in [0.2, 0.25) is 0 Å². The highest BCUT2D eigenvalue weighted by Gasteiger charge is 2.27. The number of rotatable bonds is 7. The van der Waals surface area contributed by atoms with Crippen LogP contribution in [0.4, 0.5) is 5.69 Å². The van der Waals surface area contributed by atoms with Gasteiger partial charge in [-0.05, 0) is 12.3 Å². The van der Waals surface area contributed by atoms with Crippen LogP contribution in [0.25, 0.3) is 0 Å². The van der Waals surface area contributed by atoms with Crippen molar-refractivity contribution in [1.29, 1.82) is 0 Å². The SMILES string of the molecule is CC(C)CC(CNC(=O)c1cc2c(cc1[N+](=O)[O-])OCCO2)C(=O)O. The molecule has 2 rings (SSSR count). The van der Waals surface area contributed by atoms with E-state index in [1.54, 1.807) is 0 Å². The lowest BCUT2D eigenvalue weighted by Gasteiger charge is -2.19. The number of nitrogens with zero attached hydrogens (tertiary/aromatic N) is 1. The predicted molar refractivity (Wildman–Crippen MR) is 87.0 cm³/mol. The molecule has 9 nitrogen and oxygen atoms in total. The van der Waals surface area contributed by atoms with E-state index in [1.807, 2.05) is 13.8 Å². The summed E-state index contributed by atoms with van der Waals surface area (Å²) in [6.45, 7) is 4.19. The lowest BCUT2D eigenvalue weighted by molar-refractivity contribution is -0.385. The number of carbonyl (C=O) groups is 2. The standard InChI is InChI=1S/C16H20N2O7/c1-9(2)5-10(16(20)21)8-17-15(19)11-6-13-14(25-4-3-24-13)7-12(11)18(22)23/h6-7,9-10H,3-5,8H2,1-2H3,(H,17,19)(H,20,21). The third-order valence-electron chi connectivity index (χ3n) is 3.72. The van der Waals surface area contributed by atoms with Gasteiger partial charge in [-0.1, -0.05) is 13.8 Å². The van der Waals surface area contributed by atoms with Gasteiger partial charge in [-0.25, -0.2) is 0 Å². The average Bonchev–Trinajstić information content (AvgIpc) is 2.56. The Hall–Kier alpha value is -2.84. The van der Waals surface area contributed by atoms with Crippen LogP contribution < -0.4 is 14.8 Å². The molecule has 0 spiro atoms. The molecule has 1 unspecified atom stereocenters. The van der Waals surface area contributed by atoms with Crippen molar-refractivity contribution in [2.75, 3.05) is 19.8 Å². The molecule has 0 saturated heterocycles. The van der Waals surface area contributed by atoms with Gasteiger partial charge in [-0.15, -0.1) is 0 Å². The van der Waals surface area contributed by atoms with E-state index in [9.17, 15) is 24.8 Å². The monoisotopic (exact) mass is 352 g/mol. The number of carboxylic acid groups (broad SMARTS) is 1. The van der Waals surface area contributed by atoms with E-state index in [0.717, 1.165) is 6.07 Å². The summed E-state index contributed by atoms with van der Waals surface area (Å²) in [5.74, 6) is -1.91. The molecule has 1 aromatic carbocycles. The lowest BCUT2D eigenvalue weighted by Crippen LogP contribution is -2.34. The number of hydrogen-bond acceptors (Lipinski definition) is 6. The molecule has 0 saturated carbocycles. The minimum absolute atomic E-state index is 0.113. The molecule has 0 aliphatic carbocycles. The predicted octanol–water partition coefficient (Wildman–Crippen LogP) is 1.84. The van der Waals surface area contributed by atoms with E-state index in [0.29, 0.717) is 6.42 Å². The third kappa shape index (κ3) is 4.59. The smallest absolute Gasteiger partial charge is 0.308 e. The van der Waals surface area contributed by atoms with Gasteiger partial charge >= 0.3 is 5.97 Å². The van der Waals surface area contributed by atoms with Gasteiger partial charge in [0, 0.05) is 12.6 Å². The van der Waals surface area contributed by atoms with Crippen LogP contribution in [0.2, 0.25) is 0 Å². The Kier molecular flexibility index (Phi) is 5.79. The van der Waals surface area contributed by atoms with Crippen molar-refractivity contribution in [3.63, 3.8) is 0 Å². The Morgan fingerprint density at radius 3 is 2.40 bits per heavy atom. The van der Waals surface area contributed by atoms with E-state index in [4.69, 9.17) is 9.47 Å². The summed E-state index contributed by atoms with van der Waals surface area (Å²) in [4.78, 5) is 34.2. The molecule has 0 fully saturated rings. The van der Waals surface area contributed by atoms with E-state index in [2.05, 4.69) is 5.32 Å². The maximum Gasteiger partial charge on any atom is 0.308 e. The Bertz CT molecular complexity index is 687. The number of fused-ring (bicyclic) bond motifs is 1. The molecule has 2 N–H and O–H groups in total. The molecular weight excluding hydrogens is 332 g/mol. The normalized spacial score (nSPS) is 14.0. The number of nitro benzene ring substituents is 1. The summed E-state index contributed by atoms with van der Waals surface area (Å²) in [6, 6.07) is 2.40. The van der Waals surface area contributed by atoms with Gasteiger partial charge in [-0.2, -0.15) is 0 Å². The Morgan fingerprint density at radius 1 is 1.28 bits per heavy atom. The van der Waals surface area contributed by atoms with Crippen molar-refractivity contribution >= 4 is 17.6 Å². The van der Waals surface area contributed by atoms with Crippen LogP contribution in [0.1, 0.15) is 30.6 Å². The highest BCUT2D eigenvalue weighted by Crippen LogP contribution is 2.36. The number of amides is 1. The summed E-state index contributed by atoms with van der Waals surface area (Å²) < 4.78 is 10.6. The second-order valence-electron chi connectivity index (χ2n) is 6.14. The largest absolute Gasteiger partial charge is 0.486 e. The Balaban J connectivity index is 2.20. The van der Waals surface area contributed by atoms with Crippen molar-refractivity contribution in [3.8, 4) is 11.5 Å². The number of nitro groups is 1.